The predicted octanol–water partition coefficient (Wildman–Crippen LogP) is 3.44. The Bertz CT molecular complexity index is 635. The van der Waals surface area contributed by atoms with E-state index < -0.39 is 17.6 Å². The minimum Gasteiger partial charge on any atom is -0.477 e. The molecule has 0 aliphatic rings. The molecule has 1 aromatic carbocycles. The van der Waals surface area contributed by atoms with E-state index in [4.69, 9.17) is 4.52 Å². The van der Waals surface area contributed by atoms with E-state index in [-0.39, 0.29) is 28.5 Å². The molecule has 0 saturated carbocycles. The molecule has 2 rings (SSSR count). The molecule has 0 amide bonds. The molecular formula is C13H11F2NO3. The summed E-state index contributed by atoms with van der Waals surface area (Å²) in [6, 6.07) is 2.84. The first-order valence-electron chi connectivity index (χ1n) is 5.60. The maximum absolute atomic E-state index is 13.7. The van der Waals surface area contributed by atoms with Gasteiger partial charge in [0.25, 0.3) is 0 Å². The largest absolute Gasteiger partial charge is 0.477 e. The molecule has 0 fully saturated rings. The van der Waals surface area contributed by atoms with Gasteiger partial charge in [0.05, 0.1) is 0 Å². The van der Waals surface area contributed by atoms with Gasteiger partial charge in [-0.3, -0.25) is 0 Å². The lowest BCUT2D eigenvalue weighted by molar-refractivity contribution is 0.0694. The molecule has 0 aliphatic carbocycles. The number of rotatable bonds is 3. The number of carbonyl (C=O) groups is 1. The Morgan fingerprint density at radius 2 is 2.05 bits per heavy atom. The minimum absolute atomic E-state index is 0.102. The highest BCUT2D eigenvalue weighted by Crippen LogP contribution is 2.31. The lowest BCUT2D eigenvalue weighted by atomic mass is 10.0. The van der Waals surface area contributed by atoms with Crippen LogP contribution >= 0.6 is 0 Å². The average molecular weight is 267 g/mol. The van der Waals surface area contributed by atoms with E-state index in [9.17, 15) is 18.7 Å². The van der Waals surface area contributed by atoms with Crippen LogP contribution < -0.4 is 0 Å². The smallest absolute Gasteiger partial charge is 0.341 e. The SMILES string of the molecule is CC(C)c1onc(-c2ccc(F)cc2F)c1C(=O)O. The molecular weight excluding hydrogens is 256 g/mol. The van der Waals surface area contributed by atoms with Crippen LogP contribution in [0.3, 0.4) is 0 Å². The molecule has 1 aromatic heterocycles. The summed E-state index contributed by atoms with van der Waals surface area (Å²) < 4.78 is 31.5. The quantitative estimate of drug-likeness (QED) is 0.925. The van der Waals surface area contributed by atoms with Gasteiger partial charge in [-0.2, -0.15) is 0 Å². The highest BCUT2D eigenvalue weighted by atomic mass is 19.1. The zero-order valence-corrected chi connectivity index (χ0v) is 10.3. The van der Waals surface area contributed by atoms with Crippen LogP contribution in [-0.2, 0) is 0 Å². The number of carboxylic acid groups (broad SMARTS) is 1. The number of aromatic nitrogens is 1. The van der Waals surface area contributed by atoms with E-state index >= 15 is 0 Å². The Kier molecular flexibility index (Phi) is 3.33. The first-order valence-corrected chi connectivity index (χ1v) is 5.60. The fourth-order valence-electron chi connectivity index (χ4n) is 1.77. The van der Waals surface area contributed by atoms with Crippen molar-refractivity contribution in [1.82, 2.24) is 5.16 Å². The van der Waals surface area contributed by atoms with Gasteiger partial charge >= 0.3 is 5.97 Å². The Labute approximate surface area is 107 Å². The van der Waals surface area contributed by atoms with Gasteiger partial charge in [-0.05, 0) is 12.1 Å². The number of carboxylic acids is 1. The van der Waals surface area contributed by atoms with Crippen molar-refractivity contribution in [3.8, 4) is 11.3 Å². The zero-order chi connectivity index (χ0) is 14.2. The summed E-state index contributed by atoms with van der Waals surface area (Å²) in [5.74, 6) is -2.94. The first-order chi connectivity index (χ1) is 8.91. The van der Waals surface area contributed by atoms with Crippen molar-refractivity contribution >= 4 is 5.97 Å². The molecule has 6 heteroatoms. The van der Waals surface area contributed by atoms with Gasteiger partial charge in [0.1, 0.15) is 22.9 Å². The van der Waals surface area contributed by atoms with Crippen LogP contribution in [-0.4, -0.2) is 16.2 Å². The van der Waals surface area contributed by atoms with Crippen LogP contribution in [0.25, 0.3) is 11.3 Å². The monoisotopic (exact) mass is 267 g/mol. The van der Waals surface area contributed by atoms with Crippen molar-refractivity contribution in [3.63, 3.8) is 0 Å². The lowest BCUT2D eigenvalue weighted by Gasteiger charge is -2.03. The molecule has 0 bridgehead atoms. The molecule has 0 aliphatic heterocycles. The first kappa shape index (κ1) is 13.2. The number of benzene rings is 1. The van der Waals surface area contributed by atoms with Crippen molar-refractivity contribution in [2.24, 2.45) is 0 Å². The van der Waals surface area contributed by atoms with Gasteiger partial charge < -0.3 is 9.63 Å². The van der Waals surface area contributed by atoms with Crippen molar-refractivity contribution in [1.29, 1.82) is 0 Å². The van der Waals surface area contributed by atoms with E-state index in [1.165, 1.54) is 0 Å². The Morgan fingerprint density at radius 1 is 1.37 bits per heavy atom. The molecule has 4 nitrogen and oxygen atoms in total. The van der Waals surface area contributed by atoms with Crippen LogP contribution in [0.4, 0.5) is 8.78 Å². The third kappa shape index (κ3) is 2.33. The standard InChI is InChI=1S/C13H11F2NO3/c1-6(2)12-10(13(17)18)11(16-19-12)8-4-3-7(14)5-9(8)15/h3-6H,1-2H3,(H,17,18). The average Bonchev–Trinajstić information content (AvgIpc) is 2.73. The van der Waals surface area contributed by atoms with E-state index in [0.717, 1.165) is 12.1 Å². The summed E-state index contributed by atoms with van der Waals surface area (Å²) >= 11 is 0. The Hall–Kier alpha value is -2.24. The molecule has 0 atom stereocenters. The molecule has 0 radical (unpaired) electrons. The highest BCUT2D eigenvalue weighted by Gasteiger charge is 2.26. The third-order valence-corrected chi connectivity index (χ3v) is 2.64. The molecule has 0 saturated heterocycles. The third-order valence-electron chi connectivity index (χ3n) is 2.64. The van der Waals surface area contributed by atoms with Crippen LogP contribution in [0.5, 0.6) is 0 Å². The van der Waals surface area contributed by atoms with Gasteiger partial charge in [0.2, 0.25) is 0 Å². The van der Waals surface area contributed by atoms with Gasteiger partial charge in [0.15, 0.2) is 5.76 Å². The normalized spacial score (nSPS) is 11.0. The molecule has 1 N–H and O–H groups in total. The molecule has 100 valence electrons. The summed E-state index contributed by atoms with van der Waals surface area (Å²) in [6.45, 7) is 3.47. The van der Waals surface area contributed by atoms with Crippen molar-refractivity contribution in [2.45, 2.75) is 19.8 Å². The number of halogens is 2. The minimum atomic E-state index is -1.26. The van der Waals surface area contributed by atoms with Crippen LogP contribution in [0.1, 0.15) is 35.9 Å². The maximum Gasteiger partial charge on any atom is 0.341 e. The number of hydrogen-bond acceptors (Lipinski definition) is 3. The molecule has 2 aromatic rings. The Balaban J connectivity index is 2.66. The molecule has 0 unspecified atom stereocenters. The van der Waals surface area contributed by atoms with Crippen LogP contribution in [0.15, 0.2) is 22.7 Å². The van der Waals surface area contributed by atoms with Gasteiger partial charge in [0, 0.05) is 17.5 Å². The summed E-state index contributed by atoms with van der Waals surface area (Å²) in [6.07, 6.45) is 0. The summed E-state index contributed by atoms with van der Waals surface area (Å²) in [4.78, 5) is 11.3. The van der Waals surface area contributed by atoms with Crippen molar-refractivity contribution in [2.75, 3.05) is 0 Å². The Morgan fingerprint density at radius 3 is 2.58 bits per heavy atom. The molecule has 19 heavy (non-hydrogen) atoms. The molecule has 0 spiro atoms. The predicted molar refractivity (Wildman–Crippen MR) is 62.9 cm³/mol. The summed E-state index contributed by atoms with van der Waals surface area (Å²) in [5.41, 5.74) is -0.427. The van der Waals surface area contributed by atoms with E-state index in [2.05, 4.69) is 5.16 Å². The van der Waals surface area contributed by atoms with Gasteiger partial charge in [-0.25, -0.2) is 13.6 Å². The molecule has 1 heterocycles. The van der Waals surface area contributed by atoms with Crippen LogP contribution in [0.2, 0.25) is 0 Å². The van der Waals surface area contributed by atoms with Gasteiger partial charge in [-0.15, -0.1) is 0 Å². The van der Waals surface area contributed by atoms with Crippen molar-refractivity contribution in [3.05, 3.63) is 41.2 Å². The van der Waals surface area contributed by atoms with E-state index in [1.807, 2.05) is 0 Å². The number of nitrogens with zero attached hydrogens (tertiary/aromatic N) is 1. The lowest BCUT2D eigenvalue weighted by Crippen LogP contribution is -2.03. The zero-order valence-electron chi connectivity index (χ0n) is 10.3. The van der Waals surface area contributed by atoms with Crippen molar-refractivity contribution < 1.29 is 23.2 Å². The van der Waals surface area contributed by atoms with E-state index in [0.29, 0.717) is 6.07 Å². The fourth-order valence-corrected chi connectivity index (χ4v) is 1.77. The second-order valence-corrected chi connectivity index (χ2v) is 4.35. The maximum atomic E-state index is 13.7. The van der Waals surface area contributed by atoms with Crippen LogP contribution in [0, 0.1) is 11.6 Å². The second kappa shape index (κ2) is 4.79. The summed E-state index contributed by atoms with van der Waals surface area (Å²) in [7, 11) is 0. The van der Waals surface area contributed by atoms with Gasteiger partial charge in [-0.1, -0.05) is 19.0 Å². The van der Waals surface area contributed by atoms with E-state index in [1.54, 1.807) is 13.8 Å². The highest BCUT2D eigenvalue weighted by molar-refractivity contribution is 5.96. The number of hydrogen-bond donors (Lipinski definition) is 1. The fraction of sp³-hybridized carbons (Fsp3) is 0.231. The number of aromatic carboxylic acids is 1. The summed E-state index contributed by atoms with van der Waals surface area (Å²) in [5, 5.41) is 12.8. The topological polar surface area (TPSA) is 63.3 Å². The second-order valence-electron chi connectivity index (χ2n) is 4.35.